The van der Waals surface area contributed by atoms with Crippen LogP contribution in [-0.2, 0) is 0 Å². The fourth-order valence-corrected chi connectivity index (χ4v) is 3.13. The fraction of sp³-hybridized carbons (Fsp3) is 1.00. The summed E-state index contributed by atoms with van der Waals surface area (Å²) in [7, 11) is 4.36. The zero-order valence-corrected chi connectivity index (χ0v) is 11.8. The molecule has 0 spiro atoms. The van der Waals surface area contributed by atoms with Gasteiger partial charge in [-0.3, -0.25) is 0 Å². The summed E-state index contributed by atoms with van der Waals surface area (Å²) in [6.45, 7) is 6.17. The monoisotopic (exact) mass is 225 g/mol. The van der Waals surface area contributed by atoms with Crippen LogP contribution >= 0.6 is 0 Å². The van der Waals surface area contributed by atoms with Gasteiger partial charge in [-0.25, -0.2) is 0 Å². The largest absolute Gasteiger partial charge is 0.309 e. The summed E-state index contributed by atoms with van der Waals surface area (Å²) in [5.41, 5.74) is 0. The van der Waals surface area contributed by atoms with Crippen LogP contribution in [0.2, 0.25) is 0 Å². The average molecular weight is 225 g/mol. The van der Waals surface area contributed by atoms with Crippen molar-refractivity contribution >= 4 is 0 Å². The minimum Gasteiger partial charge on any atom is -0.309 e. The predicted octanol–water partition coefficient (Wildman–Crippen LogP) is 4.18. The highest BCUT2D eigenvalue weighted by atomic mass is 15.0. The Morgan fingerprint density at radius 3 is 2.25 bits per heavy atom. The van der Waals surface area contributed by atoms with E-state index >= 15 is 0 Å². The molecule has 2 unspecified atom stereocenters. The summed E-state index contributed by atoms with van der Waals surface area (Å²) in [6.07, 6.45) is 10.3. The molecule has 1 rings (SSSR count). The first-order chi connectivity index (χ1) is 7.59. The van der Waals surface area contributed by atoms with Crippen molar-refractivity contribution in [2.75, 3.05) is 20.6 Å². The van der Waals surface area contributed by atoms with E-state index in [1.54, 1.807) is 0 Å². The van der Waals surface area contributed by atoms with Gasteiger partial charge in [-0.15, -0.1) is 0 Å². The first-order valence-corrected chi connectivity index (χ1v) is 7.24. The van der Waals surface area contributed by atoms with Crippen molar-refractivity contribution in [1.29, 1.82) is 0 Å². The number of hydrogen-bond acceptors (Lipinski definition) is 1. The van der Waals surface area contributed by atoms with Gasteiger partial charge in [-0.1, -0.05) is 46.0 Å². The number of nitrogens with zero attached hydrogens (tertiary/aromatic N) is 1. The molecule has 1 aliphatic rings. The van der Waals surface area contributed by atoms with E-state index in [4.69, 9.17) is 0 Å². The summed E-state index contributed by atoms with van der Waals surface area (Å²) in [5, 5.41) is 0. The maximum atomic E-state index is 2.49. The molecule has 0 amide bonds. The molecule has 1 fully saturated rings. The van der Waals surface area contributed by atoms with Crippen LogP contribution in [0.15, 0.2) is 0 Å². The van der Waals surface area contributed by atoms with Gasteiger partial charge >= 0.3 is 0 Å². The highest BCUT2D eigenvalue weighted by Gasteiger charge is 2.21. The molecule has 1 aliphatic carbocycles. The third-order valence-electron chi connectivity index (χ3n) is 4.30. The smallest absolute Gasteiger partial charge is 0.00223 e. The Balaban J connectivity index is 2.18. The summed E-state index contributed by atoms with van der Waals surface area (Å²) < 4.78 is 0. The molecule has 1 heteroatoms. The van der Waals surface area contributed by atoms with Crippen LogP contribution in [-0.4, -0.2) is 25.5 Å². The van der Waals surface area contributed by atoms with Crippen molar-refractivity contribution < 1.29 is 0 Å². The second-order valence-corrected chi connectivity index (χ2v) is 6.31. The minimum atomic E-state index is 0.902. The van der Waals surface area contributed by atoms with Gasteiger partial charge in [0.1, 0.15) is 0 Å². The van der Waals surface area contributed by atoms with Crippen LogP contribution in [0, 0.1) is 17.8 Å². The molecule has 0 radical (unpaired) electrons. The summed E-state index contributed by atoms with van der Waals surface area (Å²) in [6, 6.07) is 0. The molecule has 1 nitrogen and oxygen atoms in total. The highest BCUT2D eigenvalue weighted by molar-refractivity contribution is 4.73. The molecule has 0 aromatic rings. The zero-order chi connectivity index (χ0) is 12.0. The number of rotatable bonds is 6. The zero-order valence-electron chi connectivity index (χ0n) is 11.8. The molecule has 1 saturated carbocycles. The second-order valence-electron chi connectivity index (χ2n) is 6.31. The van der Waals surface area contributed by atoms with Crippen LogP contribution in [0.25, 0.3) is 0 Å². The Morgan fingerprint density at radius 1 is 1.06 bits per heavy atom. The fourth-order valence-electron chi connectivity index (χ4n) is 3.13. The normalized spacial score (nSPS) is 22.3. The van der Waals surface area contributed by atoms with Crippen molar-refractivity contribution in [2.24, 2.45) is 17.8 Å². The Kier molecular flexibility index (Phi) is 6.41. The molecule has 0 aromatic heterocycles. The molecule has 16 heavy (non-hydrogen) atoms. The SMILES string of the molecule is CC(CCN(C)C)CC(C)C1CCCCC1. The highest BCUT2D eigenvalue weighted by Crippen LogP contribution is 2.33. The van der Waals surface area contributed by atoms with Crippen molar-refractivity contribution in [3.05, 3.63) is 0 Å². The Bertz CT molecular complexity index is 170. The third kappa shape index (κ3) is 5.34. The van der Waals surface area contributed by atoms with Gasteiger partial charge in [0, 0.05) is 0 Å². The molecule has 2 atom stereocenters. The molecule has 0 N–H and O–H groups in total. The maximum Gasteiger partial charge on any atom is -0.00223 e. The molecular formula is C15H31N. The molecule has 0 saturated heterocycles. The van der Waals surface area contributed by atoms with E-state index in [2.05, 4.69) is 32.8 Å². The van der Waals surface area contributed by atoms with E-state index in [-0.39, 0.29) is 0 Å². The summed E-state index contributed by atoms with van der Waals surface area (Å²) >= 11 is 0. The lowest BCUT2D eigenvalue weighted by atomic mass is 9.77. The lowest BCUT2D eigenvalue weighted by molar-refractivity contribution is 0.220. The van der Waals surface area contributed by atoms with Crippen molar-refractivity contribution in [1.82, 2.24) is 4.90 Å². The Morgan fingerprint density at radius 2 is 1.69 bits per heavy atom. The van der Waals surface area contributed by atoms with E-state index in [0.717, 1.165) is 17.8 Å². The maximum absolute atomic E-state index is 2.49. The topological polar surface area (TPSA) is 3.24 Å². The van der Waals surface area contributed by atoms with Crippen molar-refractivity contribution in [2.45, 2.75) is 58.8 Å². The van der Waals surface area contributed by atoms with E-state index in [0.29, 0.717) is 0 Å². The molecule has 0 aliphatic heterocycles. The van der Waals surface area contributed by atoms with Crippen molar-refractivity contribution in [3.8, 4) is 0 Å². The lowest BCUT2D eigenvalue weighted by Gasteiger charge is -2.29. The Labute approximate surface area is 103 Å². The van der Waals surface area contributed by atoms with Gasteiger partial charge in [0.25, 0.3) is 0 Å². The molecule has 96 valence electrons. The summed E-state index contributed by atoms with van der Waals surface area (Å²) in [5.74, 6) is 2.90. The van der Waals surface area contributed by atoms with Gasteiger partial charge in [0.15, 0.2) is 0 Å². The molecule has 0 bridgehead atoms. The first-order valence-electron chi connectivity index (χ1n) is 7.24. The standard InChI is InChI=1S/C15H31N/c1-13(10-11-16(3)4)12-14(2)15-8-6-5-7-9-15/h13-15H,5-12H2,1-4H3. The van der Waals surface area contributed by atoms with Crippen LogP contribution in [0.5, 0.6) is 0 Å². The van der Waals surface area contributed by atoms with Crippen LogP contribution in [0.1, 0.15) is 58.8 Å². The van der Waals surface area contributed by atoms with Crippen LogP contribution in [0.3, 0.4) is 0 Å². The van der Waals surface area contributed by atoms with Gasteiger partial charge in [0.2, 0.25) is 0 Å². The molecular weight excluding hydrogens is 194 g/mol. The second kappa shape index (κ2) is 7.32. The summed E-state index contributed by atoms with van der Waals surface area (Å²) in [4.78, 5) is 2.31. The Hall–Kier alpha value is -0.0400. The quantitative estimate of drug-likeness (QED) is 0.655. The predicted molar refractivity (Wildman–Crippen MR) is 72.7 cm³/mol. The van der Waals surface area contributed by atoms with Gasteiger partial charge < -0.3 is 4.90 Å². The third-order valence-corrected chi connectivity index (χ3v) is 4.30. The van der Waals surface area contributed by atoms with Crippen LogP contribution in [0.4, 0.5) is 0 Å². The van der Waals surface area contributed by atoms with Crippen molar-refractivity contribution in [3.63, 3.8) is 0 Å². The lowest BCUT2D eigenvalue weighted by Crippen LogP contribution is -2.20. The van der Waals surface area contributed by atoms with E-state index < -0.39 is 0 Å². The van der Waals surface area contributed by atoms with Gasteiger partial charge in [-0.2, -0.15) is 0 Å². The first kappa shape index (κ1) is 14.0. The number of hydrogen-bond donors (Lipinski definition) is 0. The average Bonchev–Trinajstić information content (AvgIpc) is 2.27. The minimum absolute atomic E-state index is 0.902. The van der Waals surface area contributed by atoms with E-state index in [1.165, 1.54) is 51.5 Å². The van der Waals surface area contributed by atoms with E-state index in [9.17, 15) is 0 Å². The molecule has 0 heterocycles. The molecule has 0 aromatic carbocycles. The van der Waals surface area contributed by atoms with Gasteiger partial charge in [-0.05, 0) is 51.2 Å². The van der Waals surface area contributed by atoms with E-state index in [1.807, 2.05) is 0 Å². The van der Waals surface area contributed by atoms with Crippen LogP contribution < -0.4 is 0 Å². The van der Waals surface area contributed by atoms with Gasteiger partial charge in [0.05, 0.1) is 0 Å².